The van der Waals surface area contributed by atoms with Gasteiger partial charge in [0.2, 0.25) is 0 Å². The first-order valence-corrected chi connectivity index (χ1v) is 4.74. The van der Waals surface area contributed by atoms with Crippen LogP contribution in [-0.4, -0.2) is 15.0 Å². The highest BCUT2D eigenvalue weighted by molar-refractivity contribution is 9.10. The van der Waals surface area contributed by atoms with Crippen LogP contribution in [0.3, 0.4) is 0 Å². The number of pyridine rings is 1. The molecule has 0 saturated carbocycles. The Bertz CT molecular complexity index is 415. The van der Waals surface area contributed by atoms with Gasteiger partial charge >= 0.3 is 0 Å². The van der Waals surface area contributed by atoms with Crippen molar-refractivity contribution in [1.29, 1.82) is 0 Å². The van der Waals surface area contributed by atoms with Crippen LogP contribution in [0.1, 0.15) is 0 Å². The zero-order chi connectivity index (χ0) is 9.97. The molecule has 4 nitrogen and oxygen atoms in total. The first-order chi connectivity index (χ1) is 6.75. The molecule has 0 radical (unpaired) electrons. The Morgan fingerprint density at radius 3 is 2.86 bits per heavy atom. The molecule has 2 N–H and O–H groups in total. The monoisotopic (exact) mass is 250 g/mol. The molecule has 0 aliphatic rings. The van der Waals surface area contributed by atoms with Crippen LogP contribution in [0, 0.1) is 0 Å². The molecule has 14 heavy (non-hydrogen) atoms. The first-order valence-electron chi connectivity index (χ1n) is 3.95. The van der Waals surface area contributed by atoms with Crippen molar-refractivity contribution in [3.8, 4) is 11.4 Å². The summed E-state index contributed by atoms with van der Waals surface area (Å²) in [6.07, 6.45) is 5.02. The second-order valence-electron chi connectivity index (χ2n) is 2.70. The fraction of sp³-hybridized carbons (Fsp3) is 0. The molecular formula is C9H7BrN4. The van der Waals surface area contributed by atoms with Crippen LogP contribution in [0.25, 0.3) is 11.4 Å². The van der Waals surface area contributed by atoms with Crippen molar-refractivity contribution in [3.63, 3.8) is 0 Å². The predicted octanol–water partition coefficient (Wildman–Crippen LogP) is 1.88. The van der Waals surface area contributed by atoms with Gasteiger partial charge < -0.3 is 5.73 Å². The van der Waals surface area contributed by atoms with Crippen molar-refractivity contribution in [2.45, 2.75) is 0 Å². The lowest BCUT2D eigenvalue weighted by molar-refractivity contribution is 1.17. The molecule has 70 valence electrons. The van der Waals surface area contributed by atoms with Crippen LogP contribution < -0.4 is 5.73 Å². The third-order valence-electron chi connectivity index (χ3n) is 1.64. The van der Waals surface area contributed by atoms with Gasteiger partial charge in [0.15, 0.2) is 5.82 Å². The van der Waals surface area contributed by atoms with E-state index in [0.29, 0.717) is 11.6 Å². The zero-order valence-electron chi connectivity index (χ0n) is 7.18. The molecule has 0 bridgehead atoms. The molecule has 2 aromatic rings. The molecular weight excluding hydrogens is 244 g/mol. The van der Waals surface area contributed by atoms with Gasteiger partial charge in [-0.25, -0.2) is 9.97 Å². The minimum absolute atomic E-state index is 0.454. The third kappa shape index (κ3) is 1.88. The Morgan fingerprint density at radius 2 is 2.14 bits per heavy atom. The van der Waals surface area contributed by atoms with E-state index < -0.39 is 0 Å². The van der Waals surface area contributed by atoms with Crippen molar-refractivity contribution < 1.29 is 0 Å². The summed E-state index contributed by atoms with van der Waals surface area (Å²) in [5.74, 6) is 1.04. The summed E-state index contributed by atoms with van der Waals surface area (Å²) >= 11 is 3.33. The molecule has 0 spiro atoms. The smallest absolute Gasteiger partial charge is 0.163 e. The van der Waals surface area contributed by atoms with Crippen LogP contribution in [0.2, 0.25) is 0 Å². The van der Waals surface area contributed by atoms with E-state index in [0.717, 1.165) is 10.0 Å². The maximum atomic E-state index is 5.55. The van der Waals surface area contributed by atoms with Gasteiger partial charge in [-0.1, -0.05) is 0 Å². The van der Waals surface area contributed by atoms with Crippen LogP contribution in [0.5, 0.6) is 0 Å². The Labute approximate surface area is 89.4 Å². The van der Waals surface area contributed by atoms with Crippen LogP contribution in [0.4, 0.5) is 5.82 Å². The summed E-state index contributed by atoms with van der Waals surface area (Å²) < 4.78 is 0.890. The summed E-state index contributed by atoms with van der Waals surface area (Å²) in [6, 6.07) is 3.54. The molecule has 5 heteroatoms. The molecule has 0 aromatic carbocycles. The minimum Gasteiger partial charge on any atom is -0.384 e. The molecule has 0 aliphatic carbocycles. The Kier molecular flexibility index (Phi) is 2.41. The largest absolute Gasteiger partial charge is 0.384 e. The lowest BCUT2D eigenvalue weighted by Gasteiger charge is -2.00. The van der Waals surface area contributed by atoms with Gasteiger partial charge in [0, 0.05) is 28.6 Å². The summed E-state index contributed by atoms with van der Waals surface area (Å²) in [5.41, 5.74) is 6.39. The van der Waals surface area contributed by atoms with E-state index in [1.54, 1.807) is 24.7 Å². The summed E-state index contributed by atoms with van der Waals surface area (Å²) in [6.45, 7) is 0. The van der Waals surface area contributed by atoms with Gasteiger partial charge in [0.1, 0.15) is 5.82 Å². The number of hydrogen-bond acceptors (Lipinski definition) is 4. The van der Waals surface area contributed by atoms with Crippen molar-refractivity contribution in [1.82, 2.24) is 15.0 Å². The van der Waals surface area contributed by atoms with Crippen LogP contribution in [0.15, 0.2) is 35.2 Å². The molecule has 2 heterocycles. The number of aromatic nitrogens is 3. The topological polar surface area (TPSA) is 64.7 Å². The second kappa shape index (κ2) is 3.71. The SMILES string of the molecule is Nc1ccnc(-c2cncc(Br)c2)n1. The van der Waals surface area contributed by atoms with Crippen molar-refractivity contribution in [2.75, 3.05) is 5.73 Å². The van der Waals surface area contributed by atoms with Crippen molar-refractivity contribution in [2.24, 2.45) is 0 Å². The zero-order valence-corrected chi connectivity index (χ0v) is 8.77. The van der Waals surface area contributed by atoms with Crippen LogP contribution >= 0.6 is 15.9 Å². The second-order valence-corrected chi connectivity index (χ2v) is 3.61. The van der Waals surface area contributed by atoms with Gasteiger partial charge in [0.25, 0.3) is 0 Å². The van der Waals surface area contributed by atoms with Gasteiger partial charge in [-0.15, -0.1) is 0 Å². The standard InChI is InChI=1S/C9H7BrN4/c10-7-3-6(4-12-5-7)9-13-2-1-8(11)14-9/h1-5H,(H2,11,13,14). The van der Waals surface area contributed by atoms with E-state index in [1.165, 1.54) is 0 Å². The summed E-state index contributed by atoms with van der Waals surface area (Å²) in [5, 5.41) is 0. The minimum atomic E-state index is 0.454. The highest BCUT2D eigenvalue weighted by Crippen LogP contribution is 2.18. The molecule has 0 amide bonds. The van der Waals surface area contributed by atoms with E-state index in [-0.39, 0.29) is 0 Å². The number of nitrogens with zero attached hydrogens (tertiary/aromatic N) is 3. The Hall–Kier alpha value is -1.49. The number of nitrogens with two attached hydrogens (primary N) is 1. The molecule has 0 fully saturated rings. The fourth-order valence-corrected chi connectivity index (χ4v) is 1.41. The van der Waals surface area contributed by atoms with E-state index in [4.69, 9.17) is 5.73 Å². The quantitative estimate of drug-likeness (QED) is 0.840. The predicted molar refractivity (Wildman–Crippen MR) is 57.4 cm³/mol. The number of anilines is 1. The fourth-order valence-electron chi connectivity index (χ4n) is 1.05. The number of nitrogen functional groups attached to an aromatic ring is 1. The van der Waals surface area contributed by atoms with Gasteiger partial charge in [-0.2, -0.15) is 0 Å². The number of rotatable bonds is 1. The van der Waals surface area contributed by atoms with Crippen LogP contribution in [-0.2, 0) is 0 Å². The number of hydrogen-bond donors (Lipinski definition) is 1. The molecule has 0 aliphatic heterocycles. The van der Waals surface area contributed by atoms with Crippen molar-refractivity contribution in [3.05, 3.63) is 35.2 Å². The molecule has 2 aromatic heterocycles. The Balaban J connectivity index is 2.49. The molecule has 2 rings (SSSR count). The van der Waals surface area contributed by atoms with E-state index in [2.05, 4.69) is 30.9 Å². The maximum absolute atomic E-state index is 5.55. The number of halogens is 1. The Morgan fingerprint density at radius 1 is 1.29 bits per heavy atom. The molecule has 0 saturated heterocycles. The van der Waals surface area contributed by atoms with E-state index >= 15 is 0 Å². The third-order valence-corrected chi connectivity index (χ3v) is 2.07. The van der Waals surface area contributed by atoms with Gasteiger partial charge in [-0.3, -0.25) is 4.98 Å². The summed E-state index contributed by atoms with van der Waals surface area (Å²) in [4.78, 5) is 12.2. The van der Waals surface area contributed by atoms with Crippen molar-refractivity contribution >= 4 is 21.7 Å². The maximum Gasteiger partial charge on any atom is 0.163 e. The van der Waals surface area contributed by atoms with E-state index in [1.807, 2.05) is 6.07 Å². The van der Waals surface area contributed by atoms with E-state index in [9.17, 15) is 0 Å². The van der Waals surface area contributed by atoms with Gasteiger partial charge in [-0.05, 0) is 28.1 Å². The molecule has 0 atom stereocenters. The first kappa shape index (κ1) is 9.08. The molecule has 0 unspecified atom stereocenters. The average Bonchev–Trinajstić information content (AvgIpc) is 2.18. The lowest BCUT2D eigenvalue weighted by Crippen LogP contribution is -1.94. The highest BCUT2D eigenvalue weighted by atomic mass is 79.9. The highest BCUT2D eigenvalue weighted by Gasteiger charge is 2.01. The lowest BCUT2D eigenvalue weighted by atomic mass is 10.3. The average molecular weight is 251 g/mol. The van der Waals surface area contributed by atoms with Gasteiger partial charge in [0.05, 0.1) is 0 Å². The normalized spacial score (nSPS) is 10.1. The summed E-state index contributed by atoms with van der Waals surface area (Å²) in [7, 11) is 0.